The van der Waals surface area contributed by atoms with Gasteiger partial charge in [-0.3, -0.25) is 0 Å². The van der Waals surface area contributed by atoms with Crippen molar-refractivity contribution in [1.29, 1.82) is 0 Å². The molecule has 0 aliphatic heterocycles. The zero-order valence-corrected chi connectivity index (χ0v) is 11.6. The van der Waals surface area contributed by atoms with E-state index in [4.69, 9.17) is 4.74 Å². The Morgan fingerprint density at radius 3 is 2.26 bits per heavy atom. The lowest BCUT2D eigenvalue weighted by molar-refractivity contribution is 0.0508. The first-order chi connectivity index (χ1) is 8.65. The summed E-state index contributed by atoms with van der Waals surface area (Å²) in [4.78, 5) is 11.5. The fourth-order valence-electron chi connectivity index (χ4n) is 1.64. The summed E-state index contributed by atoms with van der Waals surface area (Å²) in [6, 6.07) is 3.03. The molecule has 0 radical (unpaired) electrons. The molecule has 0 saturated heterocycles. The molecule has 0 unspecified atom stereocenters. The van der Waals surface area contributed by atoms with Crippen LogP contribution in [-0.2, 0) is 11.2 Å². The number of ether oxygens (including phenoxy) is 1. The standard InChI is InChI=1S/C14H19F2NO2/c1-9(17-13(18)19-14(2,3)4)5-10-6-11(15)8-12(16)7-10/h6-9H,5H2,1-4H3,(H,17,18)/t9-/m0/s1. The zero-order chi connectivity index (χ0) is 14.6. The highest BCUT2D eigenvalue weighted by atomic mass is 19.1. The molecule has 3 nitrogen and oxygen atoms in total. The molecular weight excluding hydrogens is 252 g/mol. The highest BCUT2D eigenvalue weighted by molar-refractivity contribution is 5.68. The van der Waals surface area contributed by atoms with Gasteiger partial charge in [-0.25, -0.2) is 13.6 Å². The summed E-state index contributed by atoms with van der Waals surface area (Å²) >= 11 is 0. The van der Waals surface area contributed by atoms with E-state index in [0.29, 0.717) is 12.0 Å². The number of halogens is 2. The van der Waals surface area contributed by atoms with Crippen molar-refractivity contribution >= 4 is 6.09 Å². The molecule has 1 rings (SSSR count). The molecule has 5 heteroatoms. The van der Waals surface area contributed by atoms with Crippen molar-refractivity contribution in [2.24, 2.45) is 0 Å². The summed E-state index contributed by atoms with van der Waals surface area (Å²) < 4.78 is 31.1. The van der Waals surface area contributed by atoms with E-state index in [1.165, 1.54) is 12.1 Å². The Hall–Kier alpha value is -1.65. The molecule has 0 bridgehead atoms. The van der Waals surface area contributed by atoms with Gasteiger partial charge < -0.3 is 10.1 Å². The van der Waals surface area contributed by atoms with Crippen LogP contribution in [0.15, 0.2) is 18.2 Å². The van der Waals surface area contributed by atoms with Gasteiger partial charge in [0.15, 0.2) is 0 Å². The first-order valence-corrected chi connectivity index (χ1v) is 6.10. The van der Waals surface area contributed by atoms with Gasteiger partial charge in [0.05, 0.1) is 0 Å². The van der Waals surface area contributed by atoms with E-state index in [9.17, 15) is 13.6 Å². The summed E-state index contributed by atoms with van der Waals surface area (Å²) in [5, 5.41) is 2.62. The van der Waals surface area contributed by atoms with E-state index < -0.39 is 23.3 Å². The van der Waals surface area contributed by atoms with Crippen molar-refractivity contribution in [3.05, 3.63) is 35.4 Å². The van der Waals surface area contributed by atoms with E-state index in [-0.39, 0.29) is 6.04 Å². The number of benzene rings is 1. The molecule has 1 aromatic carbocycles. The number of hydrogen-bond acceptors (Lipinski definition) is 2. The minimum Gasteiger partial charge on any atom is -0.444 e. The van der Waals surface area contributed by atoms with Gasteiger partial charge in [0.2, 0.25) is 0 Å². The Labute approximate surface area is 112 Å². The first-order valence-electron chi connectivity index (χ1n) is 6.10. The molecule has 0 aliphatic carbocycles. The van der Waals surface area contributed by atoms with Crippen LogP contribution in [0.1, 0.15) is 33.3 Å². The number of nitrogens with one attached hydrogen (secondary N) is 1. The van der Waals surface area contributed by atoms with Gasteiger partial charge in [0.25, 0.3) is 0 Å². The fourth-order valence-corrected chi connectivity index (χ4v) is 1.64. The maximum Gasteiger partial charge on any atom is 0.407 e. The van der Waals surface area contributed by atoms with Crippen LogP contribution in [0.4, 0.5) is 13.6 Å². The topological polar surface area (TPSA) is 38.3 Å². The van der Waals surface area contributed by atoms with Crippen molar-refractivity contribution in [1.82, 2.24) is 5.32 Å². The molecule has 1 aromatic rings. The largest absolute Gasteiger partial charge is 0.444 e. The van der Waals surface area contributed by atoms with Crippen LogP contribution >= 0.6 is 0 Å². The number of hydrogen-bond donors (Lipinski definition) is 1. The quantitative estimate of drug-likeness (QED) is 0.914. The second-order valence-corrected chi connectivity index (χ2v) is 5.53. The lowest BCUT2D eigenvalue weighted by atomic mass is 10.1. The Kier molecular flexibility index (Phi) is 4.86. The minimum atomic E-state index is -0.625. The zero-order valence-electron chi connectivity index (χ0n) is 11.6. The van der Waals surface area contributed by atoms with Crippen LogP contribution in [0.25, 0.3) is 0 Å². The lowest BCUT2D eigenvalue weighted by Crippen LogP contribution is -2.38. The van der Waals surface area contributed by atoms with Crippen LogP contribution in [0, 0.1) is 11.6 Å². The predicted molar refractivity (Wildman–Crippen MR) is 68.9 cm³/mol. The van der Waals surface area contributed by atoms with Crippen molar-refractivity contribution in [3.8, 4) is 0 Å². The van der Waals surface area contributed by atoms with Crippen molar-refractivity contribution in [3.63, 3.8) is 0 Å². The minimum absolute atomic E-state index is 0.281. The molecule has 0 heterocycles. The molecule has 0 fully saturated rings. The number of carbonyl (C=O) groups excluding carboxylic acids is 1. The van der Waals surface area contributed by atoms with E-state index >= 15 is 0 Å². The van der Waals surface area contributed by atoms with Crippen LogP contribution in [0.5, 0.6) is 0 Å². The third kappa shape index (κ3) is 6.18. The molecule has 1 N–H and O–H groups in total. The Morgan fingerprint density at radius 2 is 1.79 bits per heavy atom. The van der Waals surface area contributed by atoms with Gasteiger partial charge in [-0.1, -0.05) is 0 Å². The number of alkyl carbamates (subject to hydrolysis) is 1. The maximum atomic E-state index is 13.0. The second kappa shape index (κ2) is 5.99. The fraction of sp³-hybridized carbons (Fsp3) is 0.500. The molecule has 1 atom stereocenters. The Balaban J connectivity index is 2.55. The summed E-state index contributed by atoms with van der Waals surface area (Å²) in [5.74, 6) is -1.25. The van der Waals surface area contributed by atoms with Crippen LogP contribution in [0.2, 0.25) is 0 Å². The lowest BCUT2D eigenvalue weighted by Gasteiger charge is -2.22. The van der Waals surface area contributed by atoms with Crippen LogP contribution < -0.4 is 5.32 Å². The van der Waals surface area contributed by atoms with Gasteiger partial charge >= 0.3 is 6.09 Å². The van der Waals surface area contributed by atoms with Gasteiger partial charge in [0, 0.05) is 12.1 Å². The average molecular weight is 271 g/mol. The molecule has 0 saturated carbocycles. The summed E-state index contributed by atoms with van der Waals surface area (Å²) in [6.07, 6.45) is -0.217. The van der Waals surface area contributed by atoms with Crippen molar-refractivity contribution in [2.75, 3.05) is 0 Å². The summed E-state index contributed by atoms with van der Waals surface area (Å²) in [5.41, 5.74) is -0.0875. The van der Waals surface area contributed by atoms with Crippen molar-refractivity contribution in [2.45, 2.75) is 45.8 Å². The highest BCUT2D eigenvalue weighted by Gasteiger charge is 2.17. The highest BCUT2D eigenvalue weighted by Crippen LogP contribution is 2.11. The molecule has 19 heavy (non-hydrogen) atoms. The molecule has 0 aliphatic rings. The smallest absolute Gasteiger partial charge is 0.407 e. The van der Waals surface area contributed by atoms with Crippen molar-refractivity contribution < 1.29 is 18.3 Å². The average Bonchev–Trinajstić information content (AvgIpc) is 2.10. The molecule has 0 aromatic heterocycles. The second-order valence-electron chi connectivity index (χ2n) is 5.53. The third-order valence-electron chi connectivity index (χ3n) is 2.23. The van der Waals surface area contributed by atoms with Crippen LogP contribution in [-0.4, -0.2) is 17.7 Å². The summed E-state index contributed by atoms with van der Waals surface area (Å²) in [6.45, 7) is 7.03. The Morgan fingerprint density at radius 1 is 1.26 bits per heavy atom. The summed E-state index contributed by atoms with van der Waals surface area (Å²) in [7, 11) is 0. The normalized spacial score (nSPS) is 12.9. The predicted octanol–water partition coefficient (Wildman–Crippen LogP) is 3.42. The molecular formula is C14H19F2NO2. The van der Waals surface area contributed by atoms with Crippen LogP contribution in [0.3, 0.4) is 0 Å². The van der Waals surface area contributed by atoms with Gasteiger partial charge in [-0.2, -0.15) is 0 Å². The van der Waals surface area contributed by atoms with Gasteiger partial charge in [-0.15, -0.1) is 0 Å². The third-order valence-corrected chi connectivity index (χ3v) is 2.23. The van der Waals surface area contributed by atoms with Gasteiger partial charge in [-0.05, 0) is 51.8 Å². The number of rotatable bonds is 3. The molecule has 0 spiro atoms. The SMILES string of the molecule is C[C@@H](Cc1cc(F)cc(F)c1)NC(=O)OC(C)(C)C. The maximum absolute atomic E-state index is 13.0. The van der Waals surface area contributed by atoms with E-state index in [0.717, 1.165) is 6.07 Å². The van der Waals surface area contributed by atoms with Gasteiger partial charge in [0.1, 0.15) is 17.2 Å². The van der Waals surface area contributed by atoms with E-state index in [2.05, 4.69) is 5.32 Å². The monoisotopic (exact) mass is 271 g/mol. The first kappa shape index (κ1) is 15.4. The molecule has 1 amide bonds. The number of amides is 1. The van der Waals surface area contributed by atoms with E-state index in [1.807, 2.05) is 0 Å². The van der Waals surface area contributed by atoms with E-state index in [1.54, 1.807) is 27.7 Å². The molecule has 106 valence electrons. The Bertz CT molecular complexity index is 435. The number of carbonyl (C=O) groups is 1.